The predicted octanol–water partition coefficient (Wildman–Crippen LogP) is 1.84. The lowest BCUT2D eigenvalue weighted by Crippen LogP contribution is -2.55. The summed E-state index contributed by atoms with van der Waals surface area (Å²) in [6, 6.07) is 7.69. The predicted molar refractivity (Wildman–Crippen MR) is 88.9 cm³/mol. The molecule has 22 heavy (non-hydrogen) atoms. The van der Waals surface area contributed by atoms with Crippen molar-refractivity contribution < 1.29 is 9.53 Å². The normalized spacial score (nSPS) is 19.4. The molecule has 122 valence electrons. The van der Waals surface area contributed by atoms with Crippen molar-refractivity contribution >= 4 is 11.6 Å². The monoisotopic (exact) mass is 305 g/mol. The minimum Gasteiger partial charge on any atom is -0.398 e. The fraction of sp³-hybridized carbons (Fsp3) is 0.588. The number of hydrogen-bond donors (Lipinski definition) is 1. The van der Waals surface area contributed by atoms with Gasteiger partial charge in [-0.2, -0.15) is 0 Å². The molecule has 1 amide bonds. The Hall–Kier alpha value is -1.59. The summed E-state index contributed by atoms with van der Waals surface area (Å²) in [5.74, 6) is 0.0426. The maximum Gasteiger partial charge on any atom is 0.256 e. The first kappa shape index (κ1) is 16.8. The Balaban J connectivity index is 1.98. The highest BCUT2D eigenvalue weighted by atomic mass is 16.5. The van der Waals surface area contributed by atoms with Crippen molar-refractivity contribution in [3.8, 4) is 0 Å². The van der Waals surface area contributed by atoms with Gasteiger partial charge in [-0.3, -0.25) is 9.69 Å². The van der Waals surface area contributed by atoms with Gasteiger partial charge in [0.2, 0.25) is 0 Å². The molecule has 1 aliphatic rings. The van der Waals surface area contributed by atoms with E-state index in [0.29, 0.717) is 17.3 Å². The molecule has 1 unspecified atom stereocenters. The molecule has 1 heterocycles. The Morgan fingerprint density at radius 2 is 2.09 bits per heavy atom. The number of benzene rings is 1. The molecule has 0 radical (unpaired) electrons. The van der Waals surface area contributed by atoms with E-state index in [1.165, 1.54) is 0 Å². The summed E-state index contributed by atoms with van der Waals surface area (Å²) < 4.78 is 5.45. The maximum absolute atomic E-state index is 12.7. The highest BCUT2D eigenvalue weighted by Crippen LogP contribution is 2.18. The van der Waals surface area contributed by atoms with Gasteiger partial charge in [0.1, 0.15) is 0 Å². The van der Waals surface area contributed by atoms with Gasteiger partial charge in [-0.15, -0.1) is 0 Å². The van der Waals surface area contributed by atoms with Crippen molar-refractivity contribution in [3.63, 3.8) is 0 Å². The number of anilines is 1. The fourth-order valence-electron chi connectivity index (χ4n) is 2.95. The molecular formula is C17H27N3O2. The largest absolute Gasteiger partial charge is 0.398 e. The van der Waals surface area contributed by atoms with Crippen molar-refractivity contribution in [1.29, 1.82) is 0 Å². The second-order valence-corrected chi connectivity index (χ2v) is 5.63. The van der Waals surface area contributed by atoms with E-state index in [4.69, 9.17) is 10.5 Å². The summed E-state index contributed by atoms with van der Waals surface area (Å²) >= 11 is 0. The van der Waals surface area contributed by atoms with E-state index in [0.717, 1.165) is 45.8 Å². The van der Waals surface area contributed by atoms with Crippen molar-refractivity contribution in [2.24, 2.45) is 0 Å². The van der Waals surface area contributed by atoms with Crippen LogP contribution in [-0.4, -0.2) is 61.1 Å². The molecule has 1 atom stereocenters. The lowest BCUT2D eigenvalue weighted by atomic mass is 10.1. The first-order valence-corrected chi connectivity index (χ1v) is 8.12. The van der Waals surface area contributed by atoms with E-state index >= 15 is 0 Å². The standard InChI is InChI=1S/C17H27N3O2/c1-3-14-13-20(10-9-19(14)11-12-22-4-2)17(21)15-7-5-6-8-16(15)18/h5-8,14H,3-4,9-13,18H2,1-2H3. The Morgan fingerprint density at radius 3 is 2.77 bits per heavy atom. The van der Waals surface area contributed by atoms with Crippen LogP contribution in [0.25, 0.3) is 0 Å². The Bertz CT molecular complexity index is 493. The summed E-state index contributed by atoms with van der Waals surface area (Å²) in [5.41, 5.74) is 7.10. The van der Waals surface area contributed by atoms with Crippen molar-refractivity contribution in [1.82, 2.24) is 9.80 Å². The van der Waals surface area contributed by atoms with E-state index < -0.39 is 0 Å². The van der Waals surface area contributed by atoms with Gasteiger partial charge in [0, 0.05) is 44.5 Å². The SMILES string of the molecule is CCOCCN1CCN(C(=O)c2ccccc2N)CC1CC. The number of ether oxygens (including phenoxy) is 1. The van der Waals surface area contributed by atoms with Crippen LogP contribution in [0.1, 0.15) is 30.6 Å². The number of nitrogens with two attached hydrogens (primary N) is 1. The van der Waals surface area contributed by atoms with E-state index in [1.54, 1.807) is 12.1 Å². The van der Waals surface area contributed by atoms with E-state index in [1.807, 2.05) is 24.0 Å². The molecule has 1 aliphatic heterocycles. The quantitative estimate of drug-likeness (QED) is 0.643. The molecule has 0 saturated carbocycles. The van der Waals surface area contributed by atoms with Gasteiger partial charge in [0.15, 0.2) is 0 Å². The number of carbonyl (C=O) groups excluding carboxylic acids is 1. The van der Waals surface area contributed by atoms with Crippen LogP contribution < -0.4 is 5.73 Å². The number of nitrogens with zero attached hydrogens (tertiary/aromatic N) is 2. The summed E-state index contributed by atoms with van der Waals surface area (Å²) in [5, 5.41) is 0. The van der Waals surface area contributed by atoms with Crippen molar-refractivity contribution in [2.45, 2.75) is 26.3 Å². The molecule has 0 aromatic heterocycles. The fourth-order valence-corrected chi connectivity index (χ4v) is 2.95. The second kappa shape index (κ2) is 8.15. The topological polar surface area (TPSA) is 58.8 Å². The summed E-state index contributed by atoms with van der Waals surface area (Å²) in [7, 11) is 0. The van der Waals surface area contributed by atoms with Gasteiger partial charge < -0.3 is 15.4 Å². The molecule has 1 aromatic rings. The second-order valence-electron chi connectivity index (χ2n) is 5.63. The smallest absolute Gasteiger partial charge is 0.256 e. The van der Waals surface area contributed by atoms with Crippen LogP contribution in [0, 0.1) is 0 Å². The number of para-hydroxylation sites is 1. The number of amides is 1. The zero-order valence-corrected chi connectivity index (χ0v) is 13.6. The minimum absolute atomic E-state index is 0.0426. The van der Waals surface area contributed by atoms with Crippen molar-refractivity contribution in [3.05, 3.63) is 29.8 Å². The molecular weight excluding hydrogens is 278 g/mol. The summed E-state index contributed by atoms with van der Waals surface area (Å²) in [6.45, 7) is 9.02. The Labute approximate surface area is 133 Å². The third kappa shape index (κ3) is 3.99. The van der Waals surface area contributed by atoms with Crippen LogP contribution in [0.5, 0.6) is 0 Å². The molecule has 5 heteroatoms. The third-order valence-corrected chi connectivity index (χ3v) is 4.28. The number of carbonyl (C=O) groups is 1. The molecule has 2 N–H and O–H groups in total. The first-order valence-electron chi connectivity index (χ1n) is 8.12. The molecule has 0 aliphatic carbocycles. The Kier molecular flexibility index (Phi) is 6.21. The lowest BCUT2D eigenvalue weighted by Gasteiger charge is -2.41. The first-order chi connectivity index (χ1) is 10.7. The molecule has 0 bridgehead atoms. The average Bonchev–Trinajstić information content (AvgIpc) is 2.55. The van der Waals surface area contributed by atoms with Crippen LogP contribution in [0.2, 0.25) is 0 Å². The van der Waals surface area contributed by atoms with Gasteiger partial charge in [0.05, 0.1) is 12.2 Å². The van der Waals surface area contributed by atoms with E-state index in [-0.39, 0.29) is 5.91 Å². The van der Waals surface area contributed by atoms with Crippen LogP contribution >= 0.6 is 0 Å². The molecule has 5 nitrogen and oxygen atoms in total. The number of piperazine rings is 1. The van der Waals surface area contributed by atoms with Gasteiger partial charge >= 0.3 is 0 Å². The van der Waals surface area contributed by atoms with Gasteiger partial charge in [0.25, 0.3) is 5.91 Å². The third-order valence-electron chi connectivity index (χ3n) is 4.28. The maximum atomic E-state index is 12.7. The Morgan fingerprint density at radius 1 is 1.32 bits per heavy atom. The van der Waals surface area contributed by atoms with Crippen LogP contribution in [0.4, 0.5) is 5.69 Å². The average molecular weight is 305 g/mol. The van der Waals surface area contributed by atoms with Crippen LogP contribution in [-0.2, 0) is 4.74 Å². The number of nitrogen functional groups attached to an aromatic ring is 1. The number of hydrogen-bond acceptors (Lipinski definition) is 4. The van der Waals surface area contributed by atoms with Gasteiger partial charge in [-0.05, 0) is 25.5 Å². The highest BCUT2D eigenvalue weighted by Gasteiger charge is 2.29. The van der Waals surface area contributed by atoms with E-state index in [9.17, 15) is 4.79 Å². The zero-order valence-electron chi connectivity index (χ0n) is 13.6. The zero-order chi connectivity index (χ0) is 15.9. The molecule has 1 fully saturated rings. The minimum atomic E-state index is 0.0426. The van der Waals surface area contributed by atoms with E-state index in [2.05, 4.69) is 11.8 Å². The molecule has 1 aromatic carbocycles. The van der Waals surface area contributed by atoms with Crippen LogP contribution in [0.3, 0.4) is 0 Å². The van der Waals surface area contributed by atoms with Gasteiger partial charge in [-0.25, -0.2) is 0 Å². The van der Waals surface area contributed by atoms with Crippen molar-refractivity contribution in [2.75, 3.05) is 45.1 Å². The van der Waals surface area contributed by atoms with Gasteiger partial charge in [-0.1, -0.05) is 19.1 Å². The summed E-state index contributed by atoms with van der Waals surface area (Å²) in [6.07, 6.45) is 1.03. The molecule has 2 rings (SSSR count). The molecule has 1 saturated heterocycles. The number of rotatable bonds is 6. The van der Waals surface area contributed by atoms with Crippen LogP contribution in [0.15, 0.2) is 24.3 Å². The lowest BCUT2D eigenvalue weighted by molar-refractivity contribution is 0.0341. The summed E-state index contributed by atoms with van der Waals surface area (Å²) in [4.78, 5) is 17.0. The molecule has 0 spiro atoms. The highest BCUT2D eigenvalue weighted by molar-refractivity contribution is 5.99.